The van der Waals surface area contributed by atoms with Crippen LogP contribution in [0.1, 0.15) is 41.5 Å². The average molecular weight is 499 g/mol. The van der Waals surface area contributed by atoms with Crippen LogP contribution in [-0.2, 0) is 5.54 Å². The fourth-order valence-electron chi connectivity index (χ4n) is 4.33. The highest BCUT2D eigenvalue weighted by atomic mass is 16.4. The van der Waals surface area contributed by atoms with Gasteiger partial charge in [-0.1, -0.05) is 36.4 Å². The number of nitrogens with one attached hydrogen (secondary N) is 2. The van der Waals surface area contributed by atoms with Gasteiger partial charge < -0.3 is 25.1 Å². The molecule has 0 aliphatic carbocycles. The molecule has 0 saturated heterocycles. The molecule has 0 bridgehead atoms. The van der Waals surface area contributed by atoms with Crippen molar-refractivity contribution in [1.29, 1.82) is 0 Å². The molecular formula is C26H26N8O3. The van der Waals surface area contributed by atoms with E-state index >= 15 is 0 Å². The van der Waals surface area contributed by atoms with Gasteiger partial charge in [0.15, 0.2) is 0 Å². The van der Waals surface area contributed by atoms with Crippen molar-refractivity contribution in [2.75, 3.05) is 23.8 Å². The van der Waals surface area contributed by atoms with Crippen LogP contribution in [0.15, 0.2) is 72.1 Å². The topological polar surface area (TPSA) is 142 Å². The lowest BCUT2D eigenvalue weighted by Gasteiger charge is -2.30. The molecule has 0 fully saturated rings. The van der Waals surface area contributed by atoms with Crippen molar-refractivity contribution in [3.8, 4) is 11.5 Å². The lowest BCUT2D eigenvalue weighted by atomic mass is 9.99. The number of nitrogens with zero attached hydrogens (tertiary/aromatic N) is 6. The summed E-state index contributed by atoms with van der Waals surface area (Å²) in [7, 11) is 0. The van der Waals surface area contributed by atoms with E-state index in [2.05, 4.69) is 37.4 Å². The van der Waals surface area contributed by atoms with E-state index in [0.29, 0.717) is 35.0 Å². The lowest BCUT2D eigenvalue weighted by Crippen LogP contribution is -2.39. The first kappa shape index (κ1) is 24.1. The Morgan fingerprint density at radius 1 is 1.16 bits per heavy atom. The van der Waals surface area contributed by atoms with Crippen molar-refractivity contribution in [2.45, 2.75) is 25.4 Å². The summed E-state index contributed by atoms with van der Waals surface area (Å²) in [5.41, 5.74) is 1.98. The number of anilines is 3. The fourth-order valence-corrected chi connectivity index (χ4v) is 4.33. The van der Waals surface area contributed by atoms with Crippen molar-refractivity contribution in [2.24, 2.45) is 0 Å². The van der Waals surface area contributed by atoms with Crippen LogP contribution in [0.5, 0.6) is 0 Å². The normalized spacial score (nSPS) is 14.8. The molecule has 1 aliphatic rings. The highest BCUT2D eigenvalue weighted by molar-refractivity contribution is 5.99. The number of aromatic nitrogens is 5. The Labute approximate surface area is 213 Å². The molecule has 1 aliphatic heterocycles. The third kappa shape index (κ3) is 4.52. The zero-order chi connectivity index (χ0) is 26.0. The largest absolute Gasteiger partial charge is 0.423 e. The number of hydrogen-bond acceptors (Lipinski definition) is 10. The molecule has 4 heterocycles. The minimum absolute atomic E-state index is 0.0819. The number of hydrogen-bond donors (Lipinski definition) is 3. The van der Waals surface area contributed by atoms with Crippen molar-refractivity contribution in [3.63, 3.8) is 0 Å². The number of benzene rings is 1. The van der Waals surface area contributed by atoms with Crippen LogP contribution in [0.25, 0.3) is 11.5 Å². The lowest BCUT2D eigenvalue weighted by molar-refractivity contribution is 0.0649. The highest BCUT2D eigenvalue weighted by Gasteiger charge is 2.43. The van der Waals surface area contributed by atoms with Gasteiger partial charge in [0.2, 0.25) is 12.3 Å². The first-order valence-corrected chi connectivity index (χ1v) is 11.7. The summed E-state index contributed by atoms with van der Waals surface area (Å²) < 4.78 is 5.37. The van der Waals surface area contributed by atoms with E-state index in [4.69, 9.17) is 9.40 Å². The summed E-state index contributed by atoms with van der Waals surface area (Å²) in [6, 6.07) is 12.5. The molecule has 0 radical (unpaired) electrons. The van der Waals surface area contributed by atoms with Crippen LogP contribution in [0.3, 0.4) is 0 Å². The van der Waals surface area contributed by atoms with Crippen LogP contribution in [0.4, 0.5) is 17.6 Å². The molecule has 0 saturated carbocycles. The molecule has 1 atom stereocenters. The number of carbonyl (C=O) groups excluding carboxylic acids is 1. The summed E-state index contributed by atoms with van der Waals surface area (Å²) in [4.78, 5) is 28.3. The first-order valence-electron chi connectivity index (χ1n) is 11.7. The SMILES string of the molecule is C=CCN1C(=O)c2ccc(Nc3ncc(-c4nnco4)c(N[C@H](CO)c4ccccc4)n3)nc2C1(C)C. The van der Waals surface area contributed by atoms with Crippen LogP contribution in [0, 0.1) is 0 Å². The molecule has 1 aromatic carbocycles. The number of fused-ring (bicyclic) bond motifs is 1. The van der Waals surface area contributed by atoms with E-state index < -0.39 is 11.6 Å². The summed E-state index contributed by atoms with van der Waals surface area (Å²) in [6.45, 7) is 7.92. The second-order valence-corrected chi connectivity index (χ2v) is 8.97. The molecule has 0 spiro atoms. The molecule has 0 unspecified atom stereocenters. The molecule has 4 aromatic rings. The van der Waals surface area contributed by atoms with Crippen LogP contribution in [0.2, 0.25) is 0 Å². The minimum Gasteiger partial charge on any atom is -0.423 e. The number of carbonyl (C=O) groups is 1. The first-order chi connectivity index (χ1) is 17.9. The van der Waals surface area contributed by atoms with Gasteiger partial charge in [-0.2, -0.15) is 4.98 Å². The van der Waals surface area contributed by atoms with Crippen LogP contribution >= 0.6 is 0 Å². The van der Waals surface area contributed by atoms with Gasteiger partial charge in [0, 0.05) is 12.7 Å². The summed E-state index contributed by atoms with van der Waals surface area (Å²) >= 11 is 0. The van der Waals surface area contributed by atoms with E-state index in [9.17, 15) is 9.90 Å². The number of rotatable bonds is 9. The second-order valence-electron chi connectivity index (χ2n) is 8.97. The predicted octanol–water partition coefficient (Wildman–Crippen LogP) is 3.69. The molecule has 5 rings (SSSR count). The molecule has 188 valence electrons. The van der Waals surface area contributed by atoms with Crippen molar-refractivity contribution in [3.05, 3.63) is 84.5 Å². The van der Waals surface area contributed by atoms with E-state index in [-0.39, 0.29) is 24.4 Å². The summed E-state index contributed by atoms with van der Waals surface area (Å²) in [5.74, 6) is 1.28. The van der Waals surface area contributed by atoms with E-state index in [1.807, 2.05) is 44.2 Å². The van der Waals surface area contributed by atoms with Gasteiger partial charge in [0.25, 0.3) is 11.8 Å². The highest BCUT2D eigenvalue weighted by Crippen LogP contribution is 2.38. The average Bonchev–Trinajstić information content (AvgIpc) is 3.50. The number of aliphatic hydroxyl groups excluding tert-OH is 1. The van der Waals surface area contributed by atoms with E-state index in [0.717, 1.165) is 5.56 Å². The van der Waals surface area contributed by atoms with Gasteiger partial charge in [-0.15, -0.1) is 16.8 Å². The molecular weight excluding hydrogens is 472 g/mol. The maximum absolute atomic E-state index is 12.9. The van der Waals surface area contributed by atoms with E-state index in [1.165, 1.54) is 6.39 Å². The molecule has 11 nitrogen and oxygen atoms in total. The van der Waals surface area contributed by atoms with Crippen LogP contribution < -0.4 is 10.6 Å². The van der Waals surface area contributed by atoms with E-state index in [1.54, 1.807) is 29.3 Å². The third-order valence-electron chi connectivity index (χ3n) is 6.25. The Morgan fingerprint density at radius 2 is 1.97 bits per heavy atom. The maximum atomic E-state index is 12.9. The van der Waals surface area contributed by atoms with Gasteiger partial charge in [0.1, 0.15) is 11.6 Å². The molecule has 3 N–H and O–H groups in total. The van der Waals surface area contributed by atoms with Crippen LogP contribution in [-0.4, -0.2) is 54.2 Å². The number of amides is 1. The minimum atomic E-state index is -0.599. The smallest absolute Gasteiger partial charge is 0.256 e. The summed E-state index contributed by atoms with van der Waals surface area (Å²) in [6.07, 6.45) is 4.48. The summed E-state index contributed by atoms with van der Waals surface area (Å²) in [5, 5.41) is 24.2. The second kappa shape index (κ2) is 9.78. The van der Waals surface area contributed by atoms with Gasteiger partial charge in [-0.3, -0.25) is 4.79 Å². The monoisotopic (exact) mass is 498 g/mol. The zero-order valence-corrected chi connectivity index (χ0v) is 20.4. The molecule has 37 heavy (non-hydrogen) atoms. The Morgan fingerprint density at radius 3 is 2.68 bits per heavy atom. The third-order valence-corrected chi connectivity index (χ3v) is 6.25. The Kier molecular flexibility index (Phi) is 6.36. The van der Waals surface area contributed by atoms with Crippen molar-refractivity contribution < 1.29 is 14.3 Å². The Balaban J connectivity index is 1.47. The Hall–Kier alpha value is -4.64. The fraction of sp³-hybridized carbons (Fsp3) is 0.231. The van der Waals surface area contributed by atoms with Crippen molar-refractivity contribution in [1.82, 2.24) is 30.0 Å². The molecule has 11 heteroatoms. The maximum Gasteiger partial charge on any atom is 0.256 e. The standard InChI is InChI=1S/C26H26N8O3/c1-4-12-34-24(36)17-10-11-20(30-21(17)26(34,2)3)31-25-27-13-18(23-33-28-15-37-23)22(32-25)29-19(14-35)16-8-6-5-7-9-16/h4-11,13,15,19,35H,1,12,14H2,2-3H3,(H2,27,29,30,31,32)/t19-/m1/s1. The van der Waals surface area contributed by atoms with Crippen molar-refractivity contribution >= 4 is 23.5 Å². The van der Waals surface area contributed by atoms with Gasteiger partial charge in [0.05, 0.1) is 35.0 Å². The predicted molar refractivity (Wildman–Crippen MR) is 137 cm³/mol. The zero-order valence-electron chi connectivity index (χ0n) is 20.4. The number of pyridine rings is 1. The van der Waals surface area contributed by atoms with Gasteiger partial charge >= 0.3 is 0 Å². The Bertz CT molecular complexity index is 1420. The molecule has 3 aromatic heterocycles. The number of aliphatic hydroxyl groups is 1. The van der Waals surface area contributed by atoms with Gasteiger partial charge in [-0.05, 0) is 31.5 Å². The quantitative estimate of drug-likeness (QED) is 0.292. The molecule has 1 amide bonds. The van der Waals surface area contributed by atoms with Gasteiger partial charge in [-0.25, -0.2) is 9.97 Å².